The van der Waals surface area contributed by atoms with Crippen LogP contribution in [-0.4, -0.2) is 11.2 Å². The molecule has 0 aromatic heterocycles. The van der Waals surface area contributed by atoms with Gasteiger partial charge in [-0.25, -0.2) is 0 Å². The van der Waals surface area contributed by atoms with Crippen LogP contribution in [0.4, 0.5) is 0 Å². The van der Waals surface area contributed by atoms with E-state index in [0.717, 1.165) is 19.3 Å². The van der Waals surface area contributed by atoms with Crippen LogP contribution in [0.2, 0.25) is 0 Å². The highest BCUT2D eigenvalue weighted by atomic mass is 16.3. The van der Waals surface area contributed by atoms with Gasteiger partial charge < -0.3 is 5.11 Å². The number of aliphatic hydroxyl groups is 1. The summed E-state index contributed by atoms with van der Waals surface area (Å²) in [5.74, 6) is 5.82. The van der Waals surface area contributed by atoms with E-state index in [2.05, 4.69) is 31.8 Å². The Morgan fingerprint density at radius 3 is 2.26 bits per heavy atom. The average molecular weight is 264 g/mol. The first-order valence-corrected chi connectivity index (χ1v) is 8.15. The highest BCUT2D eigenvalue weighted by Gasteiger charge is 1.96. The molecule has 0 rings (SSSR count). The zero-order chi connectivity index (χ0) is 14.2. The van der Waals surface area contributed by atoms with Gasteiger partial charge in [0.15, 0.2) is 0 Å². The molecule has 0 amide bonds. The van der Waals surface area contributed by atoms with Crippen molar-refractivity contribution >= 4 is 0 Å². The molecule has 110 valence electrons. The van der Waals surface area contributed by atoms with Gasteiger partial charge in [-0.15, -0.1) is 0 Å². The molecular weight excluding hydrogens is 232 g/mol. The fourth-order valence-electron chi connectivity index (χ4n) is 1.99. The first-order valence-electron chi connectivity index (χ1n) is 8.15. The second kappa shape index (κ2) is 15.3. The van der Waals surface area contributed by atoms with Crippen LogP contribution < -0.4 is 0 Å². The second-order valence-electron chi connectivity index (χ2n) is 5.26. The lowest BCUT2D eigenvalue weighted by atomic mass is 10.1. The first kappa shape index (κ1) is 18.3. The fourth-order valence-corrected chi connectivity index (χ4v) is 1.99. The van der Waals surface area contributed by atoms with Crippen molar-refractivity contribution in [2.75, 3.05) is 0 Å². The van der Waals surface area contributed by atoms with Crippen LogP contribution in [0.15, 0.2) is 12.2 Å². The van der Waals surface area contributed by atoms with Crippen LogP contribution >= 0.6 is 0 Å². The van der Waals surface area contributed by atoms with Crippen LogP contribution in [0, 0.1) is 11.8 Å². The number of unbranched alkanes of at least 4 members (excludes halogenated alkanes) is 8. The van der Waals surface area contributed by atoms with E-state index in [0.29, 0.717) is 0 Å². The molecule has 1 nitrogen and oxygen atoms in total. The molecule has 1 atom stereocenters. The zero-order valence-electron chi connectivity index (χ0n) is 13.0. The van der Waals surface area contributed by atoms with Crippen molar-refractivity contribution < 1.29 is 5.11 Å². The summed E-state index contributed by atoms with van der Waals surface area (Å²) in [4.78, 5) is 0. The molecule has 0 unspecified atom stereocenters. The molecule has 0 saturated heterocycles. The molecule has 0 aliphatic heterocycles. The molecule has 0 aliphatic carbocycles. The van der Waals surface area contributed by atoms with Crippen LogP contribution in [0.5, 0.6) is 0 Å². The van der Waals surface area contributed by atoms with Gasteiger partial charge in [0.25, 0.3) is 0 Å². The molecule has 0 spiro atoms. The van der Waals surface area contributed by atoms with E-state index in [1.54, 1.807) is 0 Å². The minimum Gasteiger partial charge on any atom is -0.380 e. The molecule has 19 heavy (non-hydrogen) atoms. The smallest absolute Gasteiger partial charge is 0.115 e. The summed E-state index contributed by atoms with van der Waals surface area (Å²) >= 11 is 0. The number of hydrogen-bond donors (Lipinski definition) is 1. The third-order valence-electron chi connectivity index (χ3n) is 3.26. The molecule has 0 aromatic carbocycles. The Morgan fingerprint density at radius 1 is 0.895 bits per heavy atom. The number of hydrogen-bond acceptors (Lipinski definition) is 1. The predicted octanol–water partition coefficient (Wildman–Crippen LogP) is 5.24. The van der Waals surface area contributed by atoms with Gasteiger partial charge in [-0.3, -0.25) is 0 Å². The van der Waals surface area contributed by atoms with Gasteiger partial charge in [-0.05, 0) is 31.8 Å². The van der Waals surface area contributed by atoms with Crippen molar-refractivity contribution in [3.05, 3.63) is 12.2 Å². The molecule has 0 radical (unpaired) electrons. The van der Waals surface area contributed by atoms with Crippen molar-refractivity contribution in [3.63, 3.8) is 0 Å². The maximum atomic E-state index is 9.59. The predicted molar refractivity (Wildman–Crippen MR) is 85.1 cm³/mol. The minimum absolute atomic E-state index is 0.440. The summed E-state index contributed by atoms with van der Waals surface area (Å²) in [7, 11) is 0. The average Bonchev–Trinajstić information content (AvgIpc) is 2.41. The molecule has 1 N–H and O–H groups in total. The Bertz CT molecular complexity index is 257. The highest BCUT2D eigenvalue weighted by molar-refractivity contribution is 5.17. The Balaban J connectivity index is 3.41. The summed E-state index contributed by atoms with van der Waals surface area (Å²) in [5.41, 5.74) is 0. The van der Waals surface area contributed by atoms with Gasteiger partial charge in [0, 0.05) is 0 Å². The summed E-state index contributed by atoms with van der Waals surface area (Å²) in [5, 5.41) is 9.59. The molecule has 1 heteroatoms. The van der Waals surface area contributed by atoms with Crippen LogP contribution in [0.25, 0.3) is 0 Å². The normalized spacial score (nSPS) is 12.4. The monoisotopic (exact) mass is 264 g/mol. The van der Waals surface area contributed by atoms with Gasteiger partial charge >= 0.3 is 0 Å². The fraction of sp³-hybridized carbons (Fsp3) is 0.778. The van der Waals surface area contributed by atoms with Gasteiger partial charge in [-0.2, -0.15) is 0 Å². The van der Waals surface area contributed by atoms with Crippen molar-refractivity contribution in [2.24, 2.45) is 0 Å². The van der Waals surface area contributed by atoms with Crippen molar-refractivity contribution in [1.29, 1.82) is 0 Å². The lowest BCUT2D eigenvalue weighted by molar-refractivity contribution is 0.217. The third kappa shape index (κ3) is 15.2. The molecule has 0 bridgehead atoms. The number of aliphatic hydroxyl groups excluding tert-OH is 1. The quantitative estimate of drug-likeness (QED) is 0.400. The second-order valence-corrected chi connectivity index (χ2v) is 5.26. The molecule has 0 aliphatic rings. The summed E-state index contributed by atoms with van der Waals surface area (Å²) in [6.45, 7) is 4.42. The van der Waals surface area contributed by atoms with Gasteiger partial charge in [0.1, 0.15) is 6.10 Å². The standard InChI is InChI=1S/C18H32O/c1-3-5-7-8-9-10-11-12-13-15-17-18(19)16-14-6-4-2/h12-13,18-19H,3-11,14,16H2,1-2H3/b13-12-/t18-/m0/s1. The van der Waals surface area contributed by atoms with E-state index in [1.165, 1.54) is 51.4 Å². The van der Waals surface area contributed by atoms with Crippen LogP contribution in [0.3, 0.4) is 0 Å². The first-order chi connectivity index (χ1) is 9.31. The SMILES string of the molecule is CCCCCCCC/C=C\C#C[C@@H](O)CCCCC. The Labute approximate surface area is 120 Å². The highest BCUT2D eigenvalue weighted by Crippen LogP contribution is 2.07. The van der Waals surface area contributed by atoms with Gasteiger partial charge in [0.2, 0.25) is 0 Å². The maximum Gasteiger partial charge on any atom is 0.115 e. The van der Waals surface area contributed by atoms with Gasteiger partial charge in [-0.1, -0.05) is 76.7 Å². The lowest BCUT2D eigenvalue weighted by Gasteiger charge is -2.00. The van der Waals surface area contributed by atoms with E-state index in [-0.39, 0.29) is 0 Å². The molecule has 0 fully saturated rings. The van der Waals surface area contributed by atoms with Crippen molar-refractivity contribution in [2.45, 2.75) is 90.6 Å². The topological polar surface area (TPSA) is 20.2 Å². The van der Waals surface area contributed by atoms with E-state index in [4.69, 9.17) is 0 Å². The van der Waals surface area contributed by atoms with E-state index in [9.17, 15) is 5.11 Å². The summed E-state index contributed by atoms with van der Waals surface area (Å²) < 4.78 is 0. The van der Waals surface area contributed by atoms with E-state index in [1.807, 2.05) is 6.08 Å². The molecule has 0 saturated carbocycles. The van der Waals surface area contributed by atoms with E-state index < -0.39 is 6.10 Å². The maximum absolute atomic E-state index is 9.59. The molecular formula is C18H32O. The van der Waals surface area contributed by atoms with Crippen LogP contribution in [-0.2, 0) is 0 Å². The van der Waals surface area contributed by atoms with Crippen molar-refractivity contribution in [3.8, 4) is 11.8 Å². The Hall–Kier alpha value is -0.740. The number of allylic oxidation sites excluding steroid dienone is 2. The molecule has 0 heterocycles. The lowest BCUT2D eigenvalue weighted by Crippen LogP contribution is -2.01. The Kier molecular flexibility index (Phi) is 14.7. The minimum atomic E-state index is -0.440. The third-order valence-corrected chi connectivity index (χ3v) is 3.26. The summed E-state index contributed by atoms with van der Waals surface area (Å²) in [6, 6.07) is 0. The largest absolute Gasteiger partial charge is 0.380 e. The number of rotatable bonds is 11. The van der Waals surface area contributed by atoms with Crippen molar-refractivity contribution in [1.82, 2.24) is 0 Å². The Morgan fingerprint density at radius 2 is 1.53 bits per heavy atom. The molecule has 0 aromatic rings. The zero-order valence-corrected chi connectivity index (χ0v) is 13.0. The van der Waals surface area contributed by atoms with Crippen LogP contribution in [0.1, 0.15) is 84.5 Å². The van der Waals surface area contributed by atoms with Gasteiger partial charge in [0.05, 0.1) is 0 Å². The van der Waals surface area contributed by atoms with E-state index >= 15 is 0 Å². The summed E-state index contributed by atoms with van der Waals surface area (Å²) in [6.07, 6.45) is 17.0.